The maximum absolute atomic E-state index is 13.2. The van der Waals surface area contributed by atoms with Crippen molar-refractivity contribution < 1.29 is 14.2 Å². The summed E-state index contributed by atoms with van der Waals surface area (Å²) in [6.45, 7) is 3.09. The fraction of sp³-hybridized carbons (Fsp3) is 0.538. The van der Waals surface area contributed by atoms with Gasteiger partial charge in [0.15, 0.2) is 0 Å². The smallest absolute Gasteiger partial charge is 0.147 e. The van der Waals surface area contributed by atoms with Gasteiger partial charge >= 0.3 is 0 Å². The van der Waals surface area contributed by atoms with Crippen molar-refractivity contribution in [2.45, 2.75) is 30.8 Å². The number of anilines is 1. The molecule has 1 unspecified atom stereocenters. The Bertz CT molecular complexity index is 363. The molecule has 0 radical (unpaired) electrons. The fourth-order valence-electron chi connectivity index (χ4n) is 1.30. The van der Waals surface area contributed by atoms with Gasteiger partial charge in [0.2, 0.25) is 0 Å². The second kappa shape index (κ2) is 8.34. The monoisotopic (exact) mass is 273 g/mol. The lowest BCUT2D eigenvalue weighted by Crippen LogP contribution is -2.18. The van der Waals surface area contributed by atoms with Crippen molar-refractivity contribution in [2.24, 2.45) is 0 Å². The van der Waals surface area contributed by atoms with Gasteiger partial charge in [-0.05, 0) is 24.6 Å². The van der Waals surface area contributed by atoms with E-state index in [4.69, 9.17) is 10.5 Å². The van der Waals surface area contributed by atoms with E-state index in [1.165, 1.54) is 23.9 Å². The third-order valence-electron chi connectivity index (χ3n) is 2.37. The highest BCUT2D eigenvalue weighted by atomic mass is 32.2. The number of aliphatic hydroxyl groups excluding tert-OH is 1. The van der Waals surface area contributed by atoms with Crippen molar-refractivity contribution in [1.29, 1.82) is 0 Å². The molecule has 3 N–H and O–H groups in total. The zero-order valence-electron chi connectivity index (χ0n) is 10.6. The molecule has 0 amide bonds. The van der Waals surface area contributed by atoms with Gasteiger partial charge in [-0.1, -0.05) is 13.3 Å². The van der Waals surface area contributed by atoms with Crippen LogP contribution < -0.4 is 5.73 Å². The first-order valence-electron chi connectivity index (χ1n) is 6.07. The summed E-state index contributed by atoms with van der Waals surface area (Å²) in [5.41, 5.74) is 5.53. The average Bonchev–Trinajstić information content (AvgIpc) is 2.36. The molecular weight excluding hydrogens is 253 g/mol. The van der Waals surface area contributed by atoms with Crippen molar-refractivity contribution >= 4 is 17.4 Å². The van der Waals surface area contributed by atoms with Crippen molar-refractivity contribution in [3.05, 3.63) is 24.0 Å². The number of rotatable bonds is 8. The molecule has 18 heavy (non-hydrogen) atoms. The Balaban J connectivity index is 2.24. The van der Waals surface area contributed by atoms with Crippen molar-refractivity contribution in [1.82, 2.24) is 0 Å². The van der Waals surface area contributed by atoms with Crippen LogP contribution in [-0.2, 0) is 4.74 Å². The van der Waals surface area contributed by atoms with E-state index in [-0.39, 0.29) is 5.69 Å². The maximum atomic E-state index is 13.2. The normalized spacial score (nSPS) is 12.6. The standard InChI is InChI=1S/C13H20FNO2S/c1-2-3-6-17-8-10(16)9-18-11-4-5-13(15)12(14)7-11/h4-5,7,10,16H,2-3,6,8-9,15H2,1H3. The molecule has 1 atom stereocenters. The molecule has 3 nitrogen and oxygen atoms in total. The lowest BCUT2D eigenvalue weighted by Gasteiger charge is -2.11. The fourth-order valence-corrected chi connectivity index (χ4v) is 2.14. The van der Waals surface area contributed by atoms with Crippen LogP contribution in [-0.4, -0.2) is 30.2 Å². The van der Waals surface area contributed by atoms with Crippen LogP contribution in [0.4, 0.5) is 10.1 Å². The minimum Gasteiger partial charge on any atom is -0.396 e. The Kier molecular flexibility index (Phi) is 7.08. The van der Waals surface area contributed by atoms with Crippen molar-refractivity contribution in [3.8, 4) is 0 Å². The Hall–Kier alpha value is -0.780. The third-order valence-corrected chi connectivity index (χ3v) is 3.51. The van der Waals surface area contributed by atoms with E-state index < -0.39 is 11.9 Å². The molecule has 0 aliphatic rings. The zero-order valence-corrected chi connectivity index (χ0v) is 11.4. The molecule has 1 rings (SSSR count). The molecule has 0 saturated heterocycles. The van der Waals surface area contributed by atoms with Gasteiger partial charge in [0, 0.05) is 17.3 Å². The number of hydrogen-bond acceptors (Lipinski definition) is 4. The van der Waals surface area contributed by atoms with E-state index in [1.807, 2.05) is 0 Å². The molecule has 0 aliphatic carbocycles. The second-order valence-electron chi connectivity index (χ2n) is 4.08. The topological polar surface area (TPSA) is 55.5 Å². The highest BCUT2D eigenvalue weighted by molar-refractivity contribution is 7.99. The summed E-state index contributed by atoms with van der Waals surface area (Å²) in [5.74, 6) is 0.0591. The van der Waals surface area contributed by atoms with Gasteiger partial charge < -0.3 is 15.6 Å². The SMILES string of the molecule is CCCCOCC(O)CSc1ccc(N)c(F)c1. The molecule has 0 saturated carbocycles. The molecule has 1 aromatic carbocycles. The number of nitrogen functional groups attached to an aromatic ring is 1. The molecule has 0 aromatic heterocycles. The summed E-state index contributed by atoms with van der Waals surface area (Å²) in [4.78, 5) is 0.759. The Morgan fingerprint density at radius 1 is 1.50 bits per heavy atom. The van der Waals surface area contributed by atoms with Gasteiger partial charge in [0.25, 0.3) is 0 Å². The lowest BCUT2D eigenvalue weighted by molar-refractivity contribution is 0.0473. The van der Waals surface area contributed by atoms with Gasteiger partial charge in [0.1, 0.15) is 5.82 Å². The number of halogens is 1. The first kappa shape index (κ1) is 15.3. The zero-order chi connectivity index (χ0) is 13.4. The maximum Gasteiger partial charge on any atom is 0.147 e. The molecule has 0 spiro atoms. The summed E-state index contributed by atoms with van der Waals surface area (Å²) in [5, 5.41) is 9.67. The molecule has 0 fully saturated rings. The predicted molar refractivity (Wildman–Crippen MR) is 73.3 cm³/mol. The van der Waals surface area contributed by atoms with E-state index in [0.29, 0.717) is 19.0 Å². The minimum absolute atomic E-state index is 0.141. The van der Waals surface area contributed by atoms with E-state index in [0.717, 1.165) is 17.7 Å². The van der Waals surface area contributed by atoms with Crippen LogP contribution in [0.3, 0.4) is 0 Å². The van der Waals surface area contributed by atoms with Gasteiger partial charge in [-0.25, -0.2) is 4.39 Å². The van der Waals surface area contributed by atoms with Crippen LogP contribution in [0.1, 0.15) is 19.8 Å². The molecular formula is C13H20FNO2S. The Labute approximate surface area is 112 Å². The van der Waals surface area contributed by atoms with Gasteiger partial charge in [-0.3, -0.25) is 0 Å². The Morgan fingerprint density at radius 2 is 2.28 bits per heavy atom. The number of benzene rings is 1. The Morgan fingerprint density at radius 3 is 2.94 bits per heavy atom. The van der Waals surface area contributed by atoms with Crippen LogP contribution in [0.5, 0.6) is 0 Å². The average molecular weight is 273 g/mol. The van der Waals surface area contributed by atoms with Gasteiger partial charge in [-0.15, -0.1) is 11.8 Å². The van der Waals surface area contributed by atoms with Crippen LogP contribution >= 0.6 is 11.8 Å². The summed E-state index contributed by atoms with van der Waals surface area (Å²) in [6.07, 6.45) is 1.55. The summed E-state index contributed by atoms with van der Waals surface area (Å²) >= 11 is 1.39. The first-order chi connectivity index (χ1) is 8.63. The highest BCUT2D eigenvalue weighted by Gasteiger charge is 2.06. The number of unbranched alkanes of at least 4 members (excludes halogenated alkanes) is 1. The molecule has 0 heterocycles. The van der Waals surface area contributed by atoms with Crippen LogP contribution in [0.2, 0.25) is 0 Å². The molecule has 5 heteroatoms. The van der Waals surface area contributed by atoms with Gasteiger partial charge in [0.05, 0.1) is 18.4 Å². The van der Waals surface area contributed by atoms with E-state index in [9.17, 15) is 9.50 Å². The number of nitrogens with two attached hydrogens (primary N) is 1. The molecule has 0 aliphatic heterocycles. The van der Waals surface area contributed by atoms with Crippen LogP contribution in [0, 0.1) is 5.82 Å². The largest absolute Gasteiger partial charge is 0.396 e. The highest BCUT2D eigenvalue weighted by Crippen LogP contribution is 2.22. The number of ether oxygens (including phenoxy) is 1. The second-order valence-corrected chi connectivity index (χ2v) is 5.17. The van der Waals surface area contributed by atoms with Crippen LogP contribution in [0.25, 0.3) is 0 Å². The summed E-state index contributed by atoms with van der Waals surface area (Å²) < 4.78 is 18.5. The third kappa shape index (κ3) is 5.71. The number of hydrogen-bond donors (Lipinski definition) is 2. The van der Waals surface area contributed by atoms with Crippen LogP contribution in [0.15, 0.2) is 23.1 Å². The lowest BCUT2D eigenvalue weighted by atomic mass is 10.3. The predicted octanol–water partition coefficient (Wildman–Crippen LogP) is 2.68. The van der Waals surface area contributed by atoms with Gasteiger partial charge in [-0.2, -0.15) is 0 Å². The molecule has 0 bridgehead atoms. The van der Waals surface area contributed by atoms with E-state index in [1.54, 1.807) is 6.07 Å². The first-order valence-corrected chi connectivity index (χ1v) is 7.05. The molecule has 102 valence electrons. The summed E-state index contributed by atoms with van der Waals surface area (Å²) in [6, 6.07) is 4.65. The van der Waals surface area contributed by atoms with Crippen molar-refractivity contribution in [2.75, 3.05) is 24.7 Å². The van der Waals surface area contributed by atoms with Crippen molar-refractivity contribution in [3.63, 3.8) is 0 Å². The number of aliphatic hydroxyl groups is 1. The minimum atomic E-state index is -0.535. The van der Waals surface area contributed by atoms with E-state index >= 15 is 0 Å². The van der Waals surface area contributed by atoms with E-state index in [2.05, 4.69) is 6.92 Å². The molecule has 1 aromatic rings. The quantitative estimate of drug-likeness (QED) is 0.434. The summed E-state index contributed by atoms with van der Waals surface area (Å²) in [7, 11) is 0. The number of thioether (sulfide) groups is 1.